The quantitative estimate of drug-likeness (QED) is 0.753. The zero-order chi connectivity index (χ0) is 13.1. The van der Waals surface area contributed by atoms with Crippen molar-refractivity contribution >= 4 is 11.7 Å². The van der Waals surface area contributed by atoms with Crippen LogP contribution in [0.3, 0.4) is 0 Å². The van der Waals surface area contributed by atoms with Gasteiger partial charge in [0.1, 0.15) is 0 Å². The Labute approximate surface area is 108 Å². The van der Waals surface area contributed by atoms with Crippen LogP contribution in [0.15, 0.2) is 29.8 Å². The summed E-state index contributed by atoms with van der Waals surface area (Å²) < 4.78 is 0. The lowest BCUT2D eigenvalue weighted by Crippen LogP contribution is -2.38. The summed E-state index contributed by atoms with van der Waals surface area (Å²) in [5.74, 6) is 0. The standard InChI is InChI=1S/C15H20N2O/c1-11-7-9-17(10-8-11)15(18)16-14-6-4-5-12(2)13(14)3/h4-7H,8-10H2,1-3H3,(H,16,18). The van der Waals surface area contributed by atoms with Crippen molar-refractivity contribution in [1.29, 1.82) is 0 Å². The summed E-state index contributed by atoms with van der Waals surface area (Å²) in [6.45, 7) is 7.71. The van der Waals surface area contributed by atoms with Crippen LogP contribution in [0.4, 0.5) is 10.5 Å². The average molecular weight is 244 g/mol. The molecule has 18 heavy (non-hydrogen) atoms. The van der Waals surface area contributed by atoms with Crippen molar-refractivity contribution in [2.24, 2.45) is 0 Å². The van der Waals surface area contributed by atoms with Gasteiger partial charge in [-0.3, -0.25) is 0 Å². The van der Waals surface area contributed by atoms with Crippen LogP contribution in [0.1, 0.15) is 24.5 Å². The van der Waals surface area contributed by atoms with Crippen molar-refractivity contribution in [3.8, 4) is 0 Å². The van der Waals surface area contributed by atoms with Crippen LogP contribution in [0.5, 0.6) is 0 Å². The van der Waals surface area contributed by atoms with Crippen LogP contribution >= 0.6 is 0 Å². The normalized spacial score (nSPS) is 15.3. The van der Waals surface area contributed by atoms with E-state index < -0.39 is 0 Å². The van der Waals surface area contributed by atoms with Crippen LogP contribution < -0.4 is 5.32 Å². The third-order valence-electron chi connectivity index (χ3n) is 3.57. The molecule has 0 saturated heterocycles. The lowest BCUT2D eigenvalue weighted by atomic mass is 10.1. The topological polar surface area (TPSA) is 32.3 Å². The van der Waals surface area contributed by atoms with Gasteiger partial charge in [-0.1, -0.05) is 23.8 Å². The van der Waals surface area contributed by atoms with E-state index in [4.69, 9.17) is 0 Å². The number of amides is 2. The lowest BCUT2D eigenvalue weighted by Gasteiger charge is -2.26. The molecule has 2 amide bonds. The first-order chi connectivity index (χ1) is 8.58. The predicted molar refractivity (Wildman–Crippen MR) is 74.9 cm³/mol. The molecule has 1 aliphatic heterocycles. The maximum absolute atomic E-state index is 12.1. The Morgan fingerprint density at radius 2 is 2.06 bits per heavy atom. The Morgan fingerprint density at radius 3 is 2.72 bits per heavy atom. The zero-order valence-electron chi connectivity index (χ0n) is 11.3. The Kier molecular flexibility index (Phi) is 3.70. The van der Waals surface area contributed by atoms with E-state index in [2.05, 4.69) is 31.3 Å². The van der Waals surface area contributed by atoms with Crippen LogP contribution in [-0.2, 0) is 0 Å². The molecule has 96 valence electrons. The van der Waals surface area contributed by atoms with Gasteiger partial charge >= 0.3 is 6.03 Å². The summed E-state index contributed by atoms with van der Waals surface area (Å²) in [5.41, 5.74) is 4.61. The van der Waals surface area contributed by atoms with E-state index in [1.54, 1.807) is 0 Å². The van der Waals surface area contributed by atoms with Crippen LogP contribution in [-0.4, -0.2) is 24.0 Å². The largest absolute Gasteiger partial charge is 0.322 e. The maximum atomic E-state index is 12.1. The molecule has 1 aromatic carbocycles. The van der Waals surface area contributed by atoms with Gasteiger partial charge in [0.05, 0.1) is 0 Å². The number of nitrogens with one attached hydrogen (secondary N) is 1. The number of urea groups is 1. The average Bonchev–Trinajstić information content (AvgIpc) is 2.36. The molecular formula is C15H20N2O. The van der Waals surface area contributed by atoms with E-state index in [0.717, 1.165) is 24.2 Å². The molecule has 1 aliphatic rings. The summed E-state index contributed by atoms with van der Waals surface area (Å²) >= 11 is 0. The summed E-state index contributed by atoms with van der Waals surface area (Å²) in [7, 11) is 0. The number of benzene rings is 1. The number of carbonyl (C=O) groups is 1. The molecule has 1 aromatic rings. The number of nitrogens with zero attached hydrogens (tertiary/aromatic N) is 1. The summed E-state index contributed by atoms with van der Waals surface area (Å²) in [6, 6.07) is 5.97. The molecule has 0 aliphatic carbocycles. The van der Waals surface area contributed by atoms with Crippen molar-refractivity contribution in [2.45, 2.75) is 27.2 Å². The number of hydrogen-bond donors (Lipinski definition) is 1. The van der Waals surface area contributed by atoms with Crippen LogP contribution in [0.25, 0.3) is 0 Å². The highest BCUT2D eigenvalue weighted by Crippen LogP contribution is 2.19. The van der Waals surface area contributed by atoms with E-state index in [1.807, 2.05) is 24.0 Å². The number of rotatable bonds is 1. The molecule has 0 atom stereocenters. The van der Waals surface area contributed by atoms with E-state index in [-0.39, 0.29) is 6.03 Å². The zero-order valence-corrected chi connectivity index (χ0v) is 11.3. The minimum absolute atomic E-state index is 0.00699. The molecule has 3 heteroatoms. The highest BCUT2D eigenvalue weighted by atomic mass is 16.2. The maximum Gasteiger partial charge on any atom is 0.322 e. The Morgan fingerprint density at radius 1 is 1.28 bits per heavy atom. The van der Waals surface area contributed by atoms with Crippen molar-refractivity contribution < 1.29 is 4.79 Å². The highest BCUT2D eigenvalue weighted by molar-refractivity contribution is 5.90. The van der Waals surface area contributed by atoms with Crippen molar-refractivity contribution in [3.63, 3.8) is 0 Å². The molecule has 1 heterocycles. The SMILES string of the molecule is CC1=CCN(C(=O)Nc2cccc(C)c2C)CC1. The third-order valence-corrected chi connectivity index (χ3v) is 3.57. The fraction of sp³-hybridized carbons (Fsp3) is 0.400. The van der Waals surface area contributed by atoms with Crippen LogP contribution in [0.2, 0.25) is 0 Å². The highest BCUT2D eigenvalue weighted by Gasteiger charge is 2.16. The Balaban J connectivity index is 2.06. The first-order valence-corrected chi connectivity index (χ1v) is 6.35. The fourth-order valence-corrected chi connectivity index (χ4v) is 2.04. The molecule has 0 spiro atoms. The van der Waals surface area contributed by atoms with Gasteiger partial charge in [0.2, 0.25) is 0 Å². The molecule has 0 aromatic heterocycles. The van der Waals surface area contributed by atoms with Gasteiger partial charge in [-0.05, 0) is 44.4 Å². The Hall–Kier alpha value is -1.77. The Bertz CT molecular complexity index is 491. The number of carbonyl (C=O) groups excluding carboxylic acids is 1. The van der Waals surface area contributed by atoms with E-state index in [9.17, 15) is 4.79 Å². The molecule has 0 bridgehead atoms. The molecule has 0 radical (unpaired) electrons. The number of aryl methyl sites for hydroxylation is 1. The summed E-state index contributed by atoms with van der Waals surface area (Å²) in [5, 5.41) is 2.99. The van der Waals surface area contributed by atoms with Gasteiger partial charge in [0.15, 0.2) is 0 Å². The van der Waals surface area contributed by atoms with Gasteiger partial charge in [-0.25, -0.2) is 4.79 Å². The number of anilines is 1. The molecular weight excluding hydrogens is 224 g/mol. The van der Waals surface area contributed by atoms with E-state index in [1.165, 1.54) is 11.1 Å². The molecule has 0 fully saturated rings. The fourth-order valence-electron chi connectivity index (χ4n) is 2.04. The first kappa shape index (κ1) is 12.7. The smallest absolute Gasteiger partial charge is 0.320 e. The summed E-state index contributed by atoms with van der Waals surface area (Å²) in [4.78, 5) is 14.0. The molecule has 1 N–H and O–H groups in total. The van der Waals surface area contributed by atoms with Gasteiger partial charge < -0.3 is 10.2 Å². The predicted octanol–water partition coefficient (Wildman–Crippen LogP) is 3.49. The van der Waals surface area contributed by atoms with Gasteiger partial charge in [-0.15, -0.1) is 0 Å². The molecule has 2 rings (SSSR count). The van der Waals surface area contributed by atoms with Crippen molar-refractivity contribution in [3.05, 3.63) is 41.0 Å². The molecule has 3 nitrogen and oxygen atoms in total. The van der Waals surface area contributed by atoms with E-state index in [0.29, 0.717) is 6.54 Å². The number of hydrogen-bond acceptors (Lipinski definition) is 1. The van der Waals surface area contributed by atoms with Crippen LogP contribution in [0, 0.1) is 13.8 Å². The molecule has 0 saturated carbocycles. The van der Waals surface area contributed by atoms with Crippen molar-refractivity contribution in [2.75, 3.05) is 18.4 Å². The van der Waals surface area contributed by atoms with Gasteiger partial charge in [0.25, 0.3) is 0 Å². The minimum Gasteiger partial charge on any atom is -0.320 e. The first-order valence-electron chi connectivity index (χ1n) is 6.35. The summed E-state index contributed by atoms with van der Waals surface area (Å²) in [6.07, 6.45) is 3.09. The van der Waals surface area contributed by atoms with Gasteiger partial charge in [-0.2, -0.15) is 0 Å². The second-order valence-electron chi connectivity index (χ2n) is 4.92. The minimum atomic E-state index is -0.00699. The molecule has 0 unspecified atom stereocenters. The van der Waals surface area contributed by atoms with E-state index >= 15 is 0 Å². The third kappa shape index (κ3) is 2.73. The van der Waals surface area contributed by atoms with Crippen molar-refractivity contribution in [1.82, 2.24) is 4.90 Å². The second-order valence-corrected chi connectivity index (χ2v) is 4.92. The van der Waals surface area contributed by atoms with Gasteiger partial charge in [0, 0.05) is 18.8 Å². The lowest BCUT2D eigenvalue weighted by molar-refractivity contribution is 0.215. The monoisotopic (exact) mass is 244 g/mol. The second kappa shape index (κ2) is 5.25.